The number of benzene rings is 1. The van der Waals surface area contributed by atoms with Crippen LogP contribution in [0.2, 0.25) is 0 Å². The second-order valence-corrected chi connectivity index (χ2v) is 4.79. The second kappa shape index (κ2) is 3.95. The summed E-state index contributed by atoms with van der Waals surface area (Å²) >= 11 is 0. The van der Waals surface area contributed by atoms with E-state index < -0.39 is 0 Å². The van der Waals surface area contributed by atoms with Gasteiger partial charge in [-0.05, 0) is 26.4 Å². The highest BCUT2D eigenvalue weighted by Gasteiger charge is 2.23. The maximum atomic E-state index is 5.78. The number of hydrogen-bond donors (Lipinski definition) is 0. The minimum atomic E-state index is 0.568. The number of rotatable bonds is 1. The fourth-order valence-electron chi connectivity index (χ4n) is 2.71. The van der Waals surface area contributed by atoms with Gasteiger partial charge in [0.05, 0.1) is 6.26 Å². The van der Waals surface area contributed by atoms with Crippen LogP contribution in [0.4, 0.5) is 0 Å². The van der Waals surface area contributed by atoms with Gasteiger partial charge in [0.2, 0.25) is 0 Å². The van der Waals surface area contributed by atoms with Gasteiger partial charge in [-0.2, -0.15) is 0 Å². The van der Waals surface area contributed by atoms with Crippen LogP contribution in [-0.2, 0) is 0 Å². The zero-order valence-electron chi connectivity index (χ0n) is 9.65. The van der Waals surface area contributed by atoms with Crippen LogP contribution < -0.4 is 0 Å². The van der Waals surface area contributed by atoms with E-state index in [4.69, 9.17) is 4.42 Å². The number of fused-ring (bicyclic) bond motifs is 1. The lowest BCUT2D eigenvalue weighted by Crippen LogP contribution is -2.30. The molecule has 0 amide bonds. The fourth-order valence-corrected chi connectivity index (χ4v) is 2.71. The van der Waals surface area contributed by atoms with Crippen LogP contribution in [0.15, 0.2) is 34.9 Å². The Bertz CT molecular complexity index is 488. The number of hydrogen-bond acceptors (Lipinski definition) is 2. The molecule has 0 spiro atoms. The van der Waals surface area contributed by atoms with Crippen molar-refractivity contribution >= 4 is 10.8 Å². The Hall–Kier alpha value is -1.28. The molecule has 2 nitrogen and oxygen atoms in total. The SMILES string of the molecule is CN1CCCC(c2occ3ccccc23)C1. The van der Waals surface area contributed by atoms with E-state index in [1.54, 1.807) is 0 Å². The first-order valence-electron chi connectivity index (χ1n) is 5.99. The lowest BCUT2D eigenvalue weighted by Gasteiger charge is -2.28. The van der Waals surface area contributed by atoms with E-state index >= 15 is 0 Å². The number of nitrogens with zero attached hydrogens (tertiary/aromatic N) is 1. The third-order valence-electron chi connectivity index (χ3n) is 3.53. The Labute approximate surface area is 95.9 Å². The van der Waals surface area contributed by atoms with Crippen molar-refractivity contribution in [3.05, 3.63) is 36.3 Å². The van der Waals surface area contributed by atoms with Gasteiger partial charge in [-0.3, -0.25) is 0 Å². The first-order valence-corrected chi connectivity index (χ1v) is 5.99. The Balaban J connectivity index is 1.99. The van der Waals surface area contributed by atoms with Crippen molar-refractivity contribution in [2.24, 2.45) is 0 Å². The zero-order chi connectivity index (χ0) is 11.0. The highest BCUT2D eigenvalue weighted by molar-refractivity contribution is 5.84. The van der Waals surface area contributed by atoms with Crippen molar-refractivity contribution in [1.29, 1.82) is 0 Å². The third kappa shape index (κ3) is 1.63. The summed E-state index contributed by atoms with van der Waals surface area (Å²) in [6.07, 6.45) is 4.41. The van der Waals surface area contributed by atoms with E-state index in [-0.39, 0.29) is 0 Å². The van der Waals surface area contributed by atoms with Crippen molar-refractivity contribution in [2.45, 2.75) is 18.8 Å². The molecule has 2 aromatic rings. The van der Waals surface area contributed by atoms with Crippen LogP contribution in [0, 0.1) is 0 Å². The van der Waals surface area contributed by atoms with Gasteiger partial charge in [-0.15, -0.1) is 0 Å². The van der Waals surface area contributed by atoms with Gasteiger partial charge in [-0.25, -0.2) is 0 Å². The van der Waals surface area contributed by atoms with Gasteiger partial charge in [0.25, 0.3) is 0 Å². The molecule has 1 aliphatic heterocycles. The molecule has 1 aliphatic rings. The monoisotopic (exact) mass is 215 g/mol. The standard InChI is InChI=1S/C14H17NO/c1-15-8-4-6-11(9-15)14-13-7-3-2-5-12(13)10-16-14/h2-3,5,7,10-11H,4,6,8-9H2,1H3. The summed E-state index contributed by atoms with van der Waals surface area (Å²) in [5.74, 6) is 1.75. The van der Waals surface area contributed by atoms with Gasteiger partial charge in [-0.1, -0.05) is 24.3 Å². The van der Waals surface area contributed by atoms with Crippen molar-refractivity contribution in [3.8, 4) is 0 Å². The largest absolute Gasteiger partial charge is 0.468 e. The summed E-state index contributed by atoms with van der Waals surface area (Å²) in [4.78, 5) is 2.39. The minimum absolute atomic E-state index is 0.568. The first-order chi connectivity index (χ1) is 7.84. The highest BCUT2D eigenvalue weighted by atomic mass is 16.3. The molecule has 1 aromatic carbocycles. The van der Waals surface area contributed by atoms with E-state index in [0.29, 0.717) is 5.92 Å². The molecule has 1 unspecified atom stereocenters. The molecule has 1 atom stereocenters. The predicted octanol–water partition coefficient (Wildman–Crippen LogP) is 3.24. The van der Waals surface area contributed by atoms with Gasteiger partial charge in [0.1, 0.15) is 5.76 Å². The van der Waals surface area contributed by atoms with Crippen LogP contribution >= 0.6 is 0 Å². The summed E-state index contributed by atoms with van der Waals surface area (Å²) < 4.78 is 5.78. The Morgan fingerprint density at radius 1 is 1.31 bits per heavy atom. The molecule has 1 saturated heterocycles. The summed E-state index contributed by atoms with van der Waals surface area (Å²) in [5, 5.41) is 2.52. The van der Waals surface area contributed by atoms with Crippen LogP contribution in [0.3, 0.4) is 0 Å². The van der Waals surface area contributed by atoms with Crippen molar-refractivity contribution < 1.29 is 4.42 Å². The van der Waals surface area contributed by atoms with E-state index in [0.717, 1.165) is 6.54 Å². The number of furan rings is 1. The molecular weight excluding hydrogens is 198 g/mol. The molecule has 0 N–H and O–H groups in total. The normalized spacial score (nSPS) is 22.7. The third-order valence-corrected chi connectivity index (χ3v) is 3.53. The minimum Gasteiger partial charge on any atom is -0.468 e. The van der Waals surface area contributed by atoms with Crippen LogP contribution in [0.1, 0.15) is 24.5 Å². The maximum absolute atomic E-state index is 5.78. The van der Waals surface area contributed by atoms with E-state index in [2.05, 4.69) is 36.2 Å². The van der Waals surface area contributed by atoms with Gasteiger partial charge in [0.15, 0.2) is 0 Å². The van der Waals surface area contributed by atoms with Crippen LogP contribution in [0.5, 0.6) is 0 Å². The Morgan fingerprint density at radius 2 is 2.19 bits per heavy atom. The molecule has 16 heavy (non-hydrogen) atoms. The quantitative estimate of drug-likeness (QED) is 0.726. The van der Waals surface area contributed by atoms with Crippen LogP contribution in [0.25, 0.3) is 10.8 Å². The Kier molecular flexibility index (Phi) is 2.44. The molecule has 3 rings (SSSR count). The first kappa shape index (κ1) is 9.91. The lowest BCUT2D eigenvalue weighted by molar-refractivity contribution is 0.235. The maximum Gasteiger partial charge on any atom is 0.115 e. The second-order valence-electron chi connectivity index (χ2n) is 4.79. The number of likely N-dealkylation sites (tertiary alicyclic amines) is 1. The molecule has 0 bridgehead atoms. The van der Waals surface area contributed by atoms with Crippen LogP contribution in [-0.4, -0.2) is 25.0 Å². The van der Waals surface area contributed by atoms with Crippen molar-refractivity contribution in [2.75, 3.05) is 20.1 Å². The van der Waals surface area contributed by atoms with Gasteiger partial charge >= 0.3 is 0 Å². The lowest BCUT2D eigenvalue weighted by atomic mass is 9.94. The van der Waals surface area contributed by atoms with E-state index in [9.17, 15) is 0 Å². The fraction of sp³-hybridized carbons (Fsp3) is 0.429. The summed E-state index contributed by atoms with van der Waals surface area (Å²) in [7, 11) is 2.19. The molecule has 0 saturated carbocycles. The predicted molar refractivity (Wildman–Crippen MR) is 65.7 cm³/mol. The highest BCUT2D eigenvalue weighted by Crippen LogP contribution is 2.32. The number of piperidine rings is 1. The summed E-state index contributed by atoms with van der Waals surface area (Å²) in [5.41, 5.74) is 0. The van der Waals surface area contributed by atoms with E-state index in [1.165, 1.54) is 35.9 Å². The molecular formula is C14H17NO. The molecule has 2 heteroatoms. The molecule has 2 heterocycles. The van der Waals surface area contributed by atoms with E-state index in [1.807, 2.05) is 6.26 Å². The Morgan fingerprint density at radius 3 is 3.06 bits per heavy atom. The molecule has 0 radical (unpaired) electrons. The van der Waals surface area contributed by atoms with Crippen molar-refractivity contribution in [1.82, 2.24) is 4.90 Å². The zero-order valence-corrected chi connectivity index (χ0v) is 9.65. The molecule has 1 aromatic heterocycles. The number of likely N-dealkylation sites (N-methyl/N-ethyl adjacent to an activating group) is 1. The topological polar surface area (TPSA) is 16.4 Å². The molecule has 0 aliphatic carbocycles. The molecule has 1 fully saturated rings. The van der Waals surface area contributed by atoms with Gasteiger partial charge in [0, 0.05) is 23.2 Å². The summed E-state index contributed by atoms with van der Waals surface area (Å²) in [6.45, 7) is 2.34. The molecule has 84 valence electrons. The average molecular weight is 215 g/mol. The van der Waals surface area contributed by atoms with Gasteiger partial charge < -0.3 is 9.32 Å². The summed E-state index contributed by atoms with van der Waals surface area (Å²) in [6, 6.07) is 8.44. The smallest absolute Gasteiger partial charge is 0.115 e. The average Bonchev–Trinajstić information content (AvgIpc) is 2.72. The van der Waals surface area contributed by atoms with Crippen molar-refractivity contribution in [3.63, 3.8) is 0 Å².